The Bertz CT molecular complexity index is 950. The number of amides is 1. The maximum absolute atomic E-state index is 13.5. The number of hydrogen-bond donors (Lipinski definition) is 1. The fourth-order valence-electron chi connectivity index (χ4n) is 2.40. The highest BCUT2D eigenvalue weighted by Gasteiger charge is 2.12. The van der Waals surface area contributed by atoms with Crippen LogP contribution < -0.4 is 10.9 Å². The van der Waals surface area contributed by atoms with Crippen LogP contribution in [0.15, 0.2) is 53.3 Å². The number of benzene rings is 2. The van der Waals surface area contributed by atoms with Crippen LogP contribution >= 0.6 is 0 Å². The number of carbonyl (C=O) groups excluding carboxylic acids is 1. The molecule has 0 aliphatic carbocycles. The van der Waals surface area contributed by atoms with E-state index in [1.807, 2.05) is 12.1 Å². The fraction of sp³-hybridized carbons (Fsp3) is 0.118. The molecule has 0 spiro atoms. The number of anilines is 1. The molecule has 0 atom stereocenters. The molecule has 2 aromatic carbocycles. The number of fused-ring (bicyclic) bond motifs is 1. The lowest BCUT2D eigenvalue weighted by Crippen LogP contribution is -2.30. The molecule has 3 aromatic rings. The Morgan fingerprint density at radius 2 is 1.78 bits per heavy atom. The number of rotatable bonds is 3. The van der Waals surface area contributed by atoms with Crippen molar-refractivity contribution in [1.82, 2.24) is 9.78 Å². The standard InChI is InChI=1S/C17H14FN3O2/c1-11-12-6-2-3-7-13(12)17(23)21(20-11)10-16(22)19-15-9-5-4-8-14(15)18/h2-9H,10H2,1H3,(H,19,22). The number of hydrogen-bond acceptors (Lipinski definition) is 3. The van der Waals surface area contributed by atoms with Crippen molar-refractivity contribution < 1.29 is 9.18 Å². The summed E-state index contributed by atoms with van der Waals surface area (Å²) in [6, 6.07) is 12.9. The van der Waals surface area contributed by atoms with E-state index in [2.05, 4.69) is 10.4 Å². The van der Waals surface area contributed by atoms with Gasteiger partial charge in [0.1, 0.15) is 12.4 Å². The minimum atomic E-state index is -0.532. The Labute approximate surface area is 131 Å². The zero-order valence-electron chi connectivity index (χ0n) is 12.4. The molecule has 23 heavy (non-hydrogen) atoms. The molecule has 3 rings (SSSR count). The van der Waals surface area contributed by atoms with Gasteiger partial charge in [-0.25, -0.2) is 9.07 Å². The number of para-hydroxylation sites is 1. The van der Waals surface area contributed by atoms with E-state index in [0.717, 1.165) is 10.1 Å². The minimum Gasteiger partial charge on any atom is -0.322 e. The molecular formula is C17H14FN3O2. The fourth-order valence-corrected chi connectivity index (χ4v) is 2.40. The smallest absolute Gasteiger partial charge is 0.275 e. The summed E-state index contributed by atoms with van der Waals surface area (Å²) in [5.74, 6) is -1.05. The quantitative estimate of drug-likeness (QED) is 0.808. The summed E-state index contributed by atoms with van der Waals surface area (Å²) < 4.78 is 14.6. The lowest BCUT2D eigenvalue weighted by atomic mass is 10.1. The minimum absolute atomic E-state index is 0.0723. The van der Waals surface area contributed by atoms with Gasteiger partial charge in [0.05, 0.1) is 16.8 Å². The van der Waals surface area contributed by atoms with Crippen molar-refractivity contribution in [2.75, 3.05) is 5.32 Å². The van der Waals surface area contributed by atoms with Crippen LogP contribution in [0.3, 0.4) is 0 Å². The maximum atomic E-state index is 13.5. The van der Waals surface area contributed by atoms with Gasteiger partial charge in [-0.3, -0.25) is 9.59 Å². The maximum Gasteiger partial charge on any atom is 0.275 e. The second kappa shape index (κ2) is 6.00. The Morgan fingerprint density at radius 1 is 1.13 bits per heavy atom. The van der Waals surface area contributed by atoms with E-state index in [9.17, 15) is 14.0 Å². The molecule has 0 saturated carbocycles. The van der Waals surface area contributed by atoms with Crippen LogP contribution in [0.4, 0.5) is 10.1 Å². The number of aromatic nitrogens is 2. The van der Waals surface area contributed by atoms with Gasteiger partial charge in [0.25, 0.3) is 5.56 Å². The van der Waals surface area contributed by atoms with Crippen LogP contribution in [-0.2, 0) is 11.3 Å². The van der Waals surface area contributed by atoms with Crippen LogP contribution in [-0.4, -0.2) is 15.7 Å². The van der Waals surface area contributed by atoms with E-state index >= 15 is 0 Å². The highest BCUT2D eigenvalue weighted by atomic mass is 19.1. The molecule has 6 heteroatoms. The first-order valence-corrected chi connectivity index (χ1v) is 7.07. The Balaban J connectivity index is 1.90. The molecule has 1 heterocycles. The molecule has 0 radical (unpaired) electrons. The molecule has 1 N–H and O–H groups in total. The van der Waals surface area contributed by atoms with Crippen molar-refractivity contribution in [1.29, 1.82) is 0 Å². The zero-order valence-corrected chi connectivity index (χ0v) is 12.4. The number of nitrogens with zero attached hydrogens (tertiary/aromatic N) is 2. The lowest BCUT2D eigenvalue weighted by molar-refractivity contribution is -0.117. The second-order valence-corrected chi connectivity index (χ2v) is 5.12. The summed E-state index contributed by atoms with van der Waals surface area (Å²) in [6.07, 6.45) is 0. The summed E-state index contributed by atoms with van der Waals surface area (Å²) in [7, 11) is 0. The van der Waals surface area contributed by atoms with Gasteiger partial charge < -0.3 is 5.32 Å². The van der Waals surface area contributed by atoms with Gasteiger partial charge >= 0.3 is 0 Å². The summed E-state index contributed by atoms with van der Waals surface area (Å²) in [5, 5.41) is 7.85. The second-order valence-electron chi connectivity index (χ2n) is 5.12. The van der Waals surface area contributed by atoms with Crippen LogP contribution in [0.25, 0.3) is 10.8 Å². The van der Waals surface area contributed by atoms with Crippen molar-refractivity contribution in [3.8, 4) is 0 Å². The molecule has 0 aliphatic heterocycles. The predicted molar refractivity (Wildman–Crippen MR) is 85.8 cm³/mol. The Hall–Kier alpha value is -3.02. The number of carbonyl (C=O) groups is 1. The van der Waals surface area contributed by atoms with Gasteiger partial charge in [0, 0.05) is 5.39 Å². The van der Waals surface area contributed by atoms with Gasteiger partial charge in [-0.05, 0) is 25.1 Å². The monoisotopic (exact) mass is 311 g/mol. The summed E-state index contributed by atoms with van der Waals surface area (Å²) in [6.45, 7) is 1.49. The lowest BCUT2D eigenvalue weighted by Gasteiger charge is -2.09. The van der Waals surface area contributed by atoms with Gasteiger partial charge in [0.15, 0.2) is 0 Å². The van der Waals surface area contributed by atoms with E-state index in [-0.39, 0.29) is 17.8 Å². The number of nitrogens with one attached hydrogen (secondary N) is 1. The molecular weight excluding hydrogens is 297 g/mol. The van der Waals surface area contributed by atoms with Crippen LogP contribution in [0.2, 0.25) is 0 Å². The average molecular weight is 311 g/mol. The first-order chi connectivity index (χ1) is 11.1. The first kappa shape index (κ1) is 14.9. The van der Waals surface area contributed by atoms with Crippen LogP contribution in [0.5, 0.6) is 0 Å². The third kappa shape index (κ3) is 2.96. The molecule has 1 aromatic heterocycles. The first-order valence-electron chi connectivity index (χ1n) is 7.07. The van der Waals surface area contributed by atoms with E-state index < -0.39 is 11.7 Å². The largest absolute Gasteiger partial charge is 0.322 e. The normalized spacial score (nSPS) is 10.7. The van der Waals surface area contributed by atoms with Crippen molar-refractivity contribution in [3.05, 3.63) is 70.4 Å². The summed E-state index contributed by atoms with van der Waals surface area (Å²) >= 11 is 0. The molecule has 0 fully saturated rings. The van der Waals surface area contributed by atoms with E-state index in [4.69, 9.17) is 0 Å². The summed E-state index contributed by atoms with van der Waals surface area (Å²) in [5.41, 5.74) is 0.372. The van der Waals surface area contributed by atoms with Crippen molar-refractivity contribution >= 4 is 22.4 Å². The molecule has 0 saturated heterocycles. The molecule has 0 unspecified atom stereocenters. The predicted octanol–water partition coefficient (Wildman–Crippen LogP) is 2.48. The molecule has 1 amide bonds. The molecule has 0 aliphatic rings. The van der Waals surface area contributed by atoms with E-state index in [1.54, 1.807) is 25.1 Å². The molecule has 116 valence electrons. The number of aryl methyl sites for hydroxylation is 1. The number of halogens is 1. The highest BCUT2D eigenvalue weighted by Crippen LogP contribution is 2.13. The van der Waals surface area contributed by atoms with Crippen molar-refractivity contribution in [2.24, 2.45) is 0 Å². The van der Waals surface area contributed by atoms with Gasteiger partial charge in [-0.2, -0.15) is 5.10 Å². The van der Waals surface area contributed by atoms with E-state index in [0.29, 0.717) is 11.1 Å². The van der Waals surface area contributed by atoms with Crippen LogP contribution in [0.1, 0.15) is 5.69 Å². The van der Waals surface area contributed by atoms with Crippen molar-refractivity contribution in [2.45, 2.75) is 13.5 Å². The molecule has 0 bridgehead atoms. The van der Waals surface area contributed by atoms with Crippen molar-refractivity contribution in [3.63, 3.8) is 0 Å². The summed E-state index contributed by atoms with van der Waals surface area (Å²) in [4.78, 5) is 24.4. The average Bonchev–Trinajstić information content (AvgIpc) is 2.54. The molecule has 5 nitrogen and oxygen atoms in total. The van der Waals surface area contributed by atoms with Gasteiger partial charge in [0.2, 0.25) is 5.91 Å². The Morgan fingerprint density at radius 3 is 2.52 bits per heavy atom. The SMILES string of the molecule is Cc1nn(CC(=O)Nc2ccccc2F)c(=O)c2ccccc12. The van der Waals surface area contributed by atoms with Gasteiger partial charge in [-0.15, -0.1) is 0 Å². The van der Waals surface area contributed by atoms with Gasteiger partial charge in [-0.1, -0.05) is 30.3 Å². The Kier molecular flexibility index (Phi) is 3.89. The van der Waals surface area contributed by atoms with Crippen LogP contribution in [0, 0.1) is 12.7 Å². The van der Waals surface area contributed by atoms with E-state index in [1.165, 1.54) is 18.2 Å². The topological polar surface area (TPSA) is 64.0 Å². The zero-order chi connectivity index (χ0) is 16.4. The third-order valence-electron chi connectivity index (χ3n) is 3.49. The third-order valence-corrected chi connectivity index (χ3v) is 3.49. The highest BCUT2D eigenvalue weighted by molar-refractivity contribution is 5.91.